The molecule has 0 radical (unpaired) electrons. The average molecular weight is 435 g/mol. The molecule has 0 spiro atoms. The number of nitrogens with zero attached hydrogens (tertiary/aromatic N) is 1. The molecule has 0 saturated carbocycles. The van der Waals surface area contributed by atoms with E-state index in [-0.39, 0.29) is 29.3 Å². The van der Waals surface area contributed by atoms with Crippen LogP contribution in [0.15, 0.2) is 59.5 Å². The number of halogens is 1. The smallest absolute Gasteiger partial charge is 0.243 e. The summed E-state index contributed by atoms with van der Waals surface area (Å²) in [6.45, 7) is 2.63. The summed E-state index contributed by atoms with van der Waals surface area (Å²) in [4.78, 5) is 12.9. The van der Waals surface area contributed by atoms with Crippen LogP contribution in [0.25, 0.3) is 0 Å². The van der Waals surface area contributed by atoms with E-state index in [9.17, 15) is 13.2 Å². The van der Waals surface area contributed by atoms with Gasteiger partial charge in [0.05, 0.1) is 10.8 Å². The molecule has 0 aromatic heterocycles. The predicted molar refractivity (Wildman–Crippen MR) is 115 cm³/mol. The highest BCUT2D eigenvalue weighted by Gasteiger charge is 2.33. The third kappa shape index (κ3) is 5.81. The number of rotatable bonds is 7. The molecule has 7 heteroatoms. The molecule has 0 bridgehead atoms. The van der Waals surface area contributed by atoms with Crippen LogP contribution in [0.5, 0.6) is 0 Å². The maximum absolute atomic E-state index is 12.9. The maximum atomic E-state index is 12.9. The first-order valence-corrected chi connectivity index (χ1v) is 11.8. The Labute approximate surface area is 178 Å². The second-order valence-electron chi connectivity index (χ2n) is 7.59. The Bertz CT molecular complexity index is 917. The zero-order valence-electron chi connectivity index (χ0n) is 16.6. The van der Waals surface area contributed by atoms with E-state index in [1.165, 1.54) is 22.0 Å². The fraction of sp³-hybridized carbons (Fsp3) is 0.409. The lowest BCUT2D eigenvalue weighted by molar-refractivity contribution is -0.126. The average Bonchev–Trinajstić information content (AvgIpc) is 2.73. The van der Waals surface area contributed by atoms with Crippen molar-refractivity contribution >= 4 is 27.5 Å². The number of benzene rings is 2. The van der Waals surface area contributed by atoms with Crippen molar-refractivity contribution in [3.05, 3.63) is 65.2 Å². The number of piperidine rings is 1. The van der Waals surface area contributed by atoms with Crippen LogP contribution in [-0.4, -0.2) is 37.8 Å². The summed E-state index contributed by atoms with van der Waals surface area (Å²) in [6, 6.07) is 16.3. The molecular weight excluding hydrogens is 408 g/mol. The van der Waals surface area contributed by atoms with E-state index < -0.39 is 10.0 Å². The molecule has 5 nitrogen and oxygen atoms in total. The molecule has 1 N–H and O–H groups in total. The summed E-state index contributed by atoms with van der Waals surface area (Å²) < 4.78 is 27.2. The number of hydrogen-bond donors (Lipinski definition) is 1. The minimum absolute atomic E-state index is 0.0333. The van der Waals surface area contributed by atoms with E-state index in [1.807, 2.05) is 25.1 Å². The summed E-state index contributed by atoms with van der Waals surface area (Å²) in [6.07, 6.45) is 3.10. The first kappa shape index (κ1) is 21.8. The fourth-order valence-electron chi connectivity index (χ4n) is 3.59. The number of carbonyl (C=O) groups excluding carboxylic acids is 1. The summed E-state index contributed by atoms with van der Waals surface area (Å²) >= 11 is 5.86. The molecule has 1 saturated heterocycles. The Balaban J connectivity index is 1.56. The van der Waals surface area contributed by atoms with Crippen LogP contribution < -0.4 is 5.32 Å². The maximum Gasteiger partial charge on any atom is 0.243 e. The molecule has 3 rings (SSSR count). The molecule has 1 fully saturated rings. The Hall–Kier alpha value is -1.89. The van der Waals surface area contributed by atoms with Gasteiger partial charge in [-0.15, -0.1) is 0 Å². The highest BCUT2D eigenvalue weighted by molar-refractivity contribution is 7.89. The molecule has 156 valence electrons. The van der Waals surface area contributed by atoms with E-state index >= 15 is 0 Å². The van der Waals surface area contributed by atoms with Crippen molar-refractivity contribution in [1.82, 2.24) is 9.62 Å². The Kier molecular flexibility index (Phi) is 7.33. The highest BCUT2D eigenvalue weighted by atomic mass is 35.5. The van der Waals surface area contributed by atoms with Gasteiger partial charge in [-0.1, -0.05) is 41.9 Å². The van der Waals surface area contributed by atoms with Crippen molar-refractivity contribution in [2.75, 3.05) is 13.1 Å². The summed E-state index contributed by atoms with van der Waals surface area (Å²) in [5.41, 5.74) is 1.24. The molecule has 1 aliphatic heterocycles. The molecule has 2 atom stereocenters. The third-order valence-corrected chi connectivity index (χ3v) is 7.44. The topological polar surface area (TPSA) is 66.5 Å². The second-order valence-corrected chi connectivity index (χ2v) is 9.96. The Morgan fingerprint density at radius 2 is 1.86 bits per heavy atom. The van der Waals surface area contributed by atoms with Crippen LogP contribution in [0.3, 0.4) is 0 Å². The Morgan fingerprint density at radius 1 is 1.17 bits per heavy atom. The van der Waals surface area contributed by atoms with Gasteiger partial charge in [0.1, 0.15) is 0 Å². The molecule has 1 amide bonds. The number of amides is 1. The summed E-state index contributed by atoms with van der Waals surface area (Å²) in [7, 11) is -3.63. The van der Waals surface area contributed by atoms with E-state index in [0.29, 0.717) is 24.4 Å². The standard InChI is InChI=1S/C22H27ClN2O3S/c1-17(9-10-18-6-3-2-4-7-18)24-22(26)19-8-5-15-25(16-19)29(27,28)21-13-11-20(23)12-14-21/h2-4,6-7,11-14,17,19H,5,8-10,15-16H2,1H3,(H,24,26)/t17-,19-/m0/s1. The van der Waals surface area contributed by atoms with Crippen LogP contribution in [-0.2, 0) is 21.2 Å². The molecule has 2 aromatic carbocycles. The first-order chi connectivity index (χ1) is 13.9. The monoisotopic (exact) mass is 434 g/mol. The largest absolute Gasteiger partial charge is 0.353 e. The molecule has 29 heavy (non-hydrogen) atoms. The van der Waals surface area contributed by atoms with E-state index in [4.69, 9.17) is 11.6 Å². The molecular formula is C22H27ClN2O3S. The fourth-order valence-corrected chi connectivity index (χ4v) is 5.24. The molecule has 1 aliphatic rings. The minimum Gasteiger partial charge on any atom is -0.353 e. The number of hydrogen-bond acceptors (Lipinski definition) is 3. The predicted octanol–water partition coefficient (Wildman–Crippen LogP) is 3.88. The first-order valence-electron chi connectivity index (χ1n) is 9.96. The SMILES string of the molecule is C[C@@H](CCc1ccccc1)NC(=O)[C@H]1CCCN(S(=O)(=O)c2ccc(Cl)cc2)C1. The van der Waals surface area contributed by atoms with Crippen molar-refractivity contribution in [3.8, 4) is 0 Å². The van der Waals surface area contributed by atoms with Gasteiger partial charge < -0.3 is 5.32 Å². The third-order valence-electron chi connectivity index (χ3n) is 5.30. The zero-order chi connectivity index (χ0) is 20.9. The number of sulfonamides is 1. The van der Waals surface area contributed by atoms with Crippen molar-refractivity contribution in [1.29, 1.82) is 0 Å². The van der Waals surface area contributed by atoms with Gasteiger partial charge in [-0.2, -0.15) is 4.31 Å². The van der Waals surface area contributed by atoms with E-state index in [0.717, 1.165) is 12.8 Å². The van der Waals surface area contributed by atoms with Crippen LogP contribution in [0.4, 0.5) is 0 Å². The van der Waals surface area contributed by atoms with Crippen LogP contribution in [0.1, 0.15) is 31.7 Å². The highest BCUT2D eigenvalue weighted by Crippen LogP contribution is 2.25. The van der Waals surface area contributed by atoms with E-state index in [1.54, 1.807) is 12.1 Å². The molecule has 2 aromatic rings. The van der Waals surface area contributed by atoms with Crippen molar-refractivity contribution < 1.29 is 13.2 Å². The summed E-state index contributed by atoms with van der Waals surface area (Å²) in [5.74, 6) is -0.397. The lowest BCUT2D eigenvalue weighted by atomic mass is 9.98. The van der Waals surface area contributed by atoms with Gasteiger partial charge in [-0.3, -0.25) is 4.79 Å². The molecule has 0 unspecified atom stereocenters. The van der Waals surface area contributed by atoms with Gasteiger partial charge in [0.15, 0.2) is 0 Å². The van der Waals surface area contributed by atoms with Crippen molar-refractivity contribution in [3.63, 3.8) is 0 Å². The normalized spacial score (nSPS) is 18.9. The van der Waals surface area contributed by atoms with Crippen LogP contribution in [0.2, 0.25) is 5.02 Å². The van der Waals surface area contributed by atoms with Crippen molar-refractivity contribution in [2.24, 2.45) is 5.92 Å². The number of carbonyl (C=O) groups is 1. The Morgan fingerprint density at radius 3 is 2.55 bits per heavy atom. The van der Waals surface area contributed by atoms with Gasteiger partial charge in [-0.25, -0.2) is 8.42 Å². The van der Waals surface area contributed by atoms with Gasteiger partial charge >= 0.3 is 0 Å². The van der Waals surface area contributed by atoms with Gasteiger partial charge in [-0.05, 0) is 62.4 Å². The lowest BCUT2D eigenvalue weighted by Gasteiger charge is -2.32. The molecule has 1 heterocycles. The molecule has 0 aliphatic carbocycles. The van der Waals surface area contributed by atoms with Crippen LogP contribution >= 0.6 is 11.6 Å². The van der Waals surface area contributed by atoms with Gasteiger partial charge in [0.2, 0.25) is 15.9 Å². The quantitative estimate of drug-likeness (QED) is 0.719. The summed E-state index contributed by atoms with van der Waals surface area (Å²) in [5, 5.41) is 3.55. The lowest BCUT2D eigenvalue weighted by Crippen LogP contribution is -2.47. The van der Waals surface area contributed by atoms with Crippen LogP contribution in [0, 0.1) is 5.92 Å². The van der Waals surface area contributed by atoms with Crippen molar-refractivity contribution in [2.45, 2.75) is 43.5 Å². The minimum atomic E-state index is -3.63. The zero-order valence-corrected chi connectivity index (χ0v) is 18.1. The number of nitrogens with one attached hydrogen (secondary N) is 1. The second kappa shape index (κ2) is 9.74. The van der Waals surface area contributed by atoms with Gasteiger partial charge in [0.25, 0.3) is 0 Å². The van der Waals surface area contributed by atoms with E-state index in [2.05, 4.69) is 17.4 Å². The number of aryl methyl sites for hydroxylation is 1. The van der Waals surface area contributed by atoms with Gasteiger partial charge in [0, 0.05) is 24.2 Å².